The van der Waals surface area contributed by atoms with E-state index in [0.29, 0.717) is 38.9 Å². The molecule has 0 atom stereocenters. The molecule has 0 spiro atoms. The van der Waals surface area contributed by atoms with Crippen LogP contribution >= 0.6 is 39.3 Å². The molecule has 1 amide bonds. The smallest absolute Gasteiger partial charge is 0.264 e. The van der Waals surface area contributed by atoms with Crippen LogP contribution in [-0.4, -0.2) is 24.8 Å². The van der Waals surface area contributed by atoms with Crippen molar-refractivity contribution < 1.29 is 14.3 Å². The fourth-order valence-corrected chi connectivity index (χ4v) is 3.92. The fourth-order valence-electron chi connectivity index (χ4n) is 2.48. The zero-order chi connectivity index (χ0) is 20.3. The number of aliphatic imine (C=N–C) groups is 1. The highest BCUT2D eigenvalue weighted by atomic mass is 79.9. The summed E-state index contributed by atoms with van der Waals surface area (Å²) in [5, 5.41) is 3.92. The molecule has 2 aromatic carbocycles. The number of nitrogens with one attached hydrogen (secondary N) is 1. The number of benzene rings is 2. The van der Waals surface area contributed by atoms with E-state index in [9.17, 15) is 4.79 Å². The summed E-state index contributed by atoms with van der Waals surface area (Å²) in [5.41, 5.74) is 2.47. The van der Waals surface area contributed by atoms with Gasteiger partial charge in [-0.2, -0.15) is 0 Å². The third kappa shape index (κ3) is 4.71. The first-order valence-electron chi connectivity index (χ1n) is 8.47. The Morgan fingerprint density at radius 3 is 2.75 bits per heavy atom. The highest BCUT2D eigenvalue weighted by Gasteiger charge is 2.24. The predicted octanol–water partition coefficient (Wildman–Crippen LogP) is 5.71. The zero-order valence-corrected chi connectivity index (χ0v) is 18.7. The summed E-state index contributed by atoms with van der Waals surface area (Å²) in [7, 11) is 1.59. The van der Waals surface area contributed by atoms with Gasteiger partial charge in [0.1, 0.15) is 0 Å². The Morgan fingerprint density at radius 1 is 1.29 bits per heavy atom. The summed E-state index contributed by atoms with van der Waals surface area (Å²) in [6, 6.07) is 9.17. The standard InChI is InChI=1S/C20H18BrClN2O3S/c1-4-27-17-7-12(14(21)10-16(17)26-3)8-18-19(25)24-20(28-18)23-13-6-5-11(2)15(22)9-13/h5-10H,4H2,1-3H3,(H,23,24,25)/b18-8+. The highest BCUT2D eigenvalue weighted by Crippen LogP contribution is 2.36. The minimum Gasteiger partial charge on any atom is -0.493 e. The first-order chi connectivity index (χ1) is 13.4. The Kier molecular flexibility index (Phi) is 6.69. The molecule has 28 heavy (non-hydrogen) atoms. The molecular weight excluding hydrogens is 464 g/mol. The summed E-state index contributed by atoms with van der Waals surface area (Å²) >= 11 is 10.9. The van der Waals surface area contributed by atoms with E-state index in [0.717, 1.165) is 15.6 Å². The number of methoxy groups -OCH3 is 1. The van der Waals surface area contributed by atoms with Gasteiger partial charge in [0, 0.05) is 9.50 Å². The summed E-state index contributed by atoms with van der Waals surface area (Å²) in [5.74, 6) is 1.03. The van der Waals surface area contributed by atoms with Crippen LogP contribution in [0.4, 0.5) is 5.69 Å². The number of thioether (sulfide) groups is 1. The fraction of sp³-hybridized carbons (Fsp3) is 0.200. The van der Waals surface area contributed by atoms with Gasteiger partial charge in [-0.25, -0.2) is 4.99 Å². The topological polar surface area (TPSA) is 59.9 Å². The third-order valence-corrected chi connectivity index (χ3v) is 5.91. The molecule has 1 fully saturated rings. The maximum atomic E-state index is 12.4. The largest absolute Gasteiger partial charge is 0.493 e. The second-order valence-electron chi connectivity index (χ2n) is 5.87. The van der Waals surface area contributed by atoms with E-state index in [-0.39, 0.29) is 5.91 Å². The quantitative estimate of drug-likeness (QED) is 0.556. The van der Waals surface area contributed by atoms with Gasteiger partial charge >= 0.3 is 0 Å². The Balaban J connectivity index is 1.89. The predicted molar refractivity (Wildman–Crippen MR) is 119 cm³/mol. The van der Waals surface area contributed by atoms with E-state index >= 15 is 0 Å². The van der Waals surface area contributed by atoms with Crippen molar-refractivity contribution >= 4 is 62.1 Å². The highest BCUT2D eigenvalue weighted by molar-refractivity contribution is 9.10. The van der Waals surface area contributed by atoms with E-state index in [1.807, 2.05) is 38.1 Å². The molecule has 1 heterocycles. The normalized spacial score (nSPS) is 16.5. The van der Waals surface area contributed by atoms with E-state index < -0.39 is 0 Å². The van der Waals surface area contributed by atoms with Crippen molar-refractivity contribution in [2.75, 3.05) is 13.7 Å². The summed E-state index contributed by atoms with van der Waals surface area (Å²) in [6.07, 6.45) is 1.79. The molecule has 1 N–H and O–H groups in total. The number of amidine groups is 1. The number of ether oxygens (including phenoxy) is 2. The van der Waals surface area contributed by atoms with Gasteiger partial charge in [-0.05, 0) is 67.1 Å². The Labute approximate surface area is 181 Å². The lowest BCUT2D eigenvalue weighted by Gasteiger charge is -2.11. The lowest BCUT2D eigenvalue weighted by molar-refractivity contribution is -0.115. The van der Waals surface area contributed by atoms with Gasteiger partial charge in [-0.15, -0.1) is 0 Å². The maximum Gasteiger partial charge on any atom is 0.264 e. The number of carbonyl (C=O) groups is 1. The number of rotatable bonds is 5. The monoisotopic (exact) mass is 480 g/mol. The van der Waals surface area contributed by atoms with Crippen LogP contribution in [0.15, 0.2) is 44.7 Å². The average molecular weight is 482 g/mol. The molecule has 0 aliphatic carbocycles. The van der Waals surface area contributed by atoms with Gasteiger partial charge in [0.25, 0.3) is 5.91 Å². The molecule has 5 nitrogen and oxygen atoms in total. The van der Waals surface area contributed by atoms with Crippen LogP contribution in [-0.2, 0) is 4.79 Å². The van der Waals surface area contributed by atoms with Crippen LogP contribution in [0.3, 0.4) is 0 Å². The van der Waals surface area contributed by atoms with Gasteiger partial charge in [0.2, 0.25) is 0 Å². The molecule has 8 heteroatoms. The van der Waals surface area contributed by atoms with Crippen molar-refractivity contribution in [3.8, 4) is 11.5 Å². The molecule has 0 unspecified atom stereocenters. The molecule has 1 aliphatic heterocycles. The molecule has 0 bridgehead atoms. The Bertz CT molecular complexity index is 992. The van der Waals surface area contributed by atoms with Crippen molar-refractivity contribution in [2.45, 2.75) is 13.8 Å². The van der Waals surface area contributed by atoms with E-state index in [2.05, 4.69) is 26.2 Å². The van der Waals surface area contributed by atoms with Crippen molar-refractivity contribution in [3.05, 3.63) is 55.9 Å². The molecule has 1 aliphatic rings. The summed E-state index contributed by atoms with van der Waals surface area (Å²) in [4.78, 5) is 17.4. The van der Waals surface area contributed by atoms with Crippen molar-refractivity contribution in [2.24, 2.45) is 4.99 Å². The van der Waals surface area contributed by atoms with Crippen molar-refractivity contribution in [3.63, 3.8) is 0 Å². The molecule has 0 saturated carbocycles. The van der Waals surface area contributed by atoms with Gasteiger partial charge in [0.15, 0.2) is 16.7 Å². The van der Waals surface area contributed by atoms with E-state index in [1.54, 1.807) is 19.3 Å². The minimum absolute atomic E-state index is 0.206. The number of carbonyl (C=O) groups excluding carboxylic acids is 1. The number of aryl methyl sites for hydroxylation is 1. The molecule has 0 aromatic heterocycles. The minimum atomic E-state index is -0.206. The summed E-state index contributed by atoms with van der Waals surface area (Å²) < 4.78 is 11.7. The van der Waals surface area contributed by atoms with Gasteiger partial charge in [0.05, 0.1) is 24.3 Å². The maximum absolute atomic E-state index is 12.4. The van der Waals surface area contributed by atoms with Crippen LogP contribution in [0.5, 0.6) is 11.5 Å². The van der Waals surface area contributed by atoms with Gasteiger partial charge in [-0.1, -0.05) is 33.6 Å². The second-order valence-corrected chi connectivity index (χ2v) is 8.16. The summed E-state index contributed by atoms with van der Waals surface area (Å²) in [6.45, 7) is 4.34. The average Bonchev–Trinajstić information content (AvgIpc) is 3.00. The number of hydrogen-bond acceptors (Lipinski definition) is 5. The lowest BCUT2D eigenvalue weighted by Crippen LogP contribution is -2.19. The Hall–Kier alpha value is -1.96. The van der Waals surface area contributed by atoms with Crippen LogP contribution in [0.2, 0.25) is 5.02 Å². The number of hydrogen-bond donors (Lipinski definition) is 1. The molecular formula is C20H18BrClN2O3S. The van der Waals surface area contributed by atoms with Gasteiger partial charge in [-0.3, -0.25) is 4.79 Å². The Morgan fingerprint density at radius 2 is 2.07 bits per heavy atom. The number of amides is 1. The molecule has 1 saturated heterocycles. The van der Waals surface area contributed by atoms with Crippen LogP contribution in [0.25, 0.3) is 6.08 Å². The van der Waals surface area contributed by atoms with Crippen LogP contribution in [0, 0.1) is 6.92 Å². The SMILES string of the molecule is CCOc1cc(/C=C2/SC(=Nc3ccc(C)c(Cl)c3)NC2=O)c(Br)cc1OC. The first-order valence-corrected chi connectivity index (χ1v) is 10.5. The number of nitrogens with zero attached hydrogens (tertiary/aromatic N) is 1. The zero-order valence-electron chi connectivity index (χ0n) is 15.5. The van der Waals surface area contributed by atoms with E-state index in [4.69, 9.17) is 21.1 Å². The van der Waals surface area contributed by atoms with Crippen molar-refractivity contribution in [1.82, 2.24) is 5.32 Å². The molecule has 2 aromatic rings. The first kappa shape index (κ1) is 20.8. The lowest BCUT2D eigenvalue weighted by atomic mass is 10.2. The van der Waals surface area contributed by atoms with Crippen LogP contribution in [0.1, 0.15) is 18.1 Å². The van der Waals surface area contributed by atoms with Crippen molar-refractivity contribution in [1.29, 1.82) is 0 Å². The van der Waals surface area contributed by atoms with Gasteiger partial charge < -0.3 is 14.8 Å². The van der Waals surface area contributed by atoms with E-state index in [1.165, 1.54) is 11.8 Å². The molecule has 3 rings (SSSR count). The third-order valence-electron chi connectivity index (χ3n) is 3.91. The number of halogens is 2. The van der Waals surface area contributed by atoms with Crippen LogP contribution < -0.4 is 14.8 Å². The molecule has 0 radical (unpaired) electrons. The molecule has 146 valence electrons. The second kappa shape index (κ2) is 9.03.